The zero-order valence-corrected chi connectivity index (χ0v) is 10.9. The molecule has 0 aromatic rings. The second-order valence-electron chi connectivity index (χ2n) is 5.54. The fourth-order valence-electron chi connectivity index (χ4n) is 2.38. The summed E-state index contributed by atoms with van der Waals surface area (Å²) >= 11 is 0. The monoisotopic (exact) mass is 226 g/mol. The van der Waals surface area contributed by atoms with Crippen molar-refractivity contribution in [3.8, 4) is 0 Å². The molecule has 1 aliphatic carbocycles. The van der Waals surface area contributed by atoms with Gasteiger partial charge in [0.15, 0.2) is 0 Å². The molecule has 3 nitrogen and oxygen atoms in total. The van der Waals surface area contributed by atoms with Crippen molar-refractivity contribution in [1.82, 2.24) is 10.6 Å². The zero-order valence-electron chi connectivity index (χ0n) is 10.9. The zero-order chi connectivity index (χ0) is 12.0. The van der Waals surface area contributed by atoms with Crippen molar-refractivity contribution >= 4 is 5.91 Å². The van der Waals surface area contributed by atoms with Crippen LogP contribution in [0.1, 0.15) is 59.3 Å². The van der Waals surface area contributed by atoms with Crippen LogP contribution in [0.2, 0.25) is 0 Å². The minimum Gasteiger partial charge on any atom is -0.352 e. The van der Waals surface area contributed by atoms with Crippen molar-refractivity contribution in [3.63, 3.8) is 0 Å². The highest BCUT2D eigenvalue weighted by Crippen LogP contribution is 2.17. The van der Waals surface area contributed by atoms with Gasteiger partial charge in [0, 0.05) is 11.6 Å². The number of hydrogen-bond acceptors (Lipinski definition) is 2. The van der Waals surface area contributed by atoms with E-state index in [-0.39, 0.29) is 11.4 Å². The third-order valence-electron chi connectivity index (χ3n) is 3.32. The summed E-state index contributed by atoms with van der Waals surface area (Å²) in [5.41, 5.74) is 0.0712. The maximum Gasteiger partial charge on any atom is 0.234 e. The molecule has 1 saturated carbocycles. The highest BCUT2D eigenvalue weighted by atomic mass is 16.2. The lowest BCUT2D eigenvalue weighted by atomic mass is 9.99. The molecular formula is C13H26N2O. The van der Waals surface area contributed by atoms with Gasteiger partial charge in [-0.15, -0.1) is 0 Å². The molecule has 1 fully saturated rings. The normalized spacial score (nSPS) is 17.7. The van der Waals surface area contributed by atoms with Crippen molar-refractivity contribution in [2.75, 3.05) is 6.54 Å². The summed E-state index contributed by atoms with van der Waals surface area (Å²) in [5, 5.41) is 6.41. The molecule has 16 heavy (non-hydrogen) atoms. The lowest BCUT2D eigenvalue weighted by Crippen LogP contribution is -2.46. The van der Waals surface area contributed by atoms with Gasteiger partial charge in [-0.1, -0.05) is 26.2 Å². The van der Waals surface area contributed by atoms with Crippen molar-refractivity contribution in [3.05, 3.63) is 0 Å². The Labute approximate surface area is 99.4 Å². The van der Waals surface area contributed by atoms with Crippen molar-refractivity contribution in [2.45, 2.75) is 70.9 Å². The number of carbonyl (C=O) groups is 1. The van der Waals surface area contributed by atoms with Crippen molar-refractivity contribution in [2.24, 2.45) is 0 Å². The van der Waals surface area contributed by atoms with Crippen LogP contribution in [0.5, 0.6) is 0 Å². The average Bonchev–Trinajstić information content (AvgIpc) is 2.68. The Morgan fingerprint density at radius 1 is 1.31 bits per heavy atom. The highest BCUT2D eigenvalue weighted by Gasteiger charge is 2.20. The third kappa shape index (κ3) is 4.97. The van der Waals surface area contributed by atoms with Crippen LogP contribution in [0.3, 0.4) is 0 Å². The van der Waals surface area contributed by atoms with Crippen molar-refractivity contribution < 1.29 is 4.79 Å². The maximum atomic E-state index is 11.7. The molecule has 0 aromatic heterocycles. The van der Waals surface area contributed by atoms with Gasteiger partial charge in [0.25, 0.3) is 0 Å². The molecule has 0 radical (unpaired) electrons. The van der Waals surface area contributed by atoms with E-state index in [1.807, 2.05) is 0 Å². The molecule has 0 saturated heterocycles. The van der Waals surface area contributed by atoms with Crippen LogP contribution in [-0.2, 0) is 4.79 Å². The third-order valence-corrected chi connectivity index (χ3v) is 3.32. The average molecular weight is 226 g/mol. The summed E-state index contributed by atoms with van der Waals surface area (Å²) in [6.07, 6.45) is 7.08. The second kappa shape index (κ2) is 6.24. The van der Waals surface area contributed by atoms with Gasteiger partial charge in [-0.3, -0.25) is 4.79 Å². The molecule has 2 N–H and O–H groups in total. The lowest BCUT2D eigenvalue weighted by molar-refractivity contribution is -0.121. The summed E-state index contributed by atoms with van der Waals surface area (Å²) in [7, 11) is 0. The highest BCUT2D eigenvalue weighted by molar-refractivity contribution is 5.78. The van der Waals surface area contributed by atoms with E-state index >= 15 is 0 Å². The Hall–Kier alpha value is -0.570. The predicted molar refractivity (Wildman–Crippen MR) is 67.4 cm³/mol. The Kier molecular flexibility index (Phi) is 5.26. The first-order valence-corrected chi connectivity index (χ1v) is 6.58. The minimum absolute atomic E-state index is 0.0712. The van der Waals surface area contributed by atoms with E-state index in [1.165, 1.54) is 12.8 Å². The van der Waals surface area contributed by atoms with Crippen LogP contribution in [0.25, 0.3) is 0 Å². The molecular weight excluding hydrogens is 200 g/mol. The van der Waals surface area contributed by atoms with Crippen LogP contribution in [0, 0.1) is 0 Å². The van der Waals surface area contributed by atoms with Crippen LogP contribution >= 0.6 is 0 Å². The number of rotatable bonds is 6. The molecule has 0 bridgehead atoms. The summed E-state index contributed by atoms with van der Waals surface area (Å²) in [5.74, 6) is 0.149. The van der Waals surface area contributed by atoms with Gasteiger partial charge in [0.1, 0.15) is 0 Å². The maximum absolute atomic E-state index is 11.7. The number of hydrogen-bond donors (Lipinski definition) is 2. The number of amides is 1. The topological polar surface area (TPSA) is 41.1 Å². The van der Waals surface area contributed by atoms with Crippen LogP contribution < -0.4 is 10.6 Å². The molecule has 0 aliphatic heterocycles. The Balaban J connectivity index is 2.18. The Morgan fingerprint density at radius 2 is 1.94 bits per heavy atom. The molecule has 1 amide bonds. The van der Waals surface area contributed by atoms with E-state index < -0.39 is 0 Å². The molecule has 94 valence electrons. The van der Waals surface area contributed by atoms with Gasteiger partial charge >= 0.3 is 0 Å². The quantitative estimate of drug-likeness (QED) is 0.729. The van der Waals surface area contributed by atoms with E-state index in [1.54, 1.807) is 0 Å². The SMILES string of the molecule is CCCC(C)(C)NCC(=O)NC1CCCC1. The molecule has 3 heteroatoms. The Bertz CT molecular complexity index is 220. The van der Waals surface area contributed by atoms with Gasteiger partial charge in [-0.05, 0) is 33.1 Å². The first-order chi connectivity index (χ1) is 7.53. The van der Waals surface area contributed by atoms with Crippen LogP contribution in [0.15, 0.2) is 0 Å². The summed E-state index contributed by atoms with van der Waals surface area (Å²) in [6, 6.07) is 0.434. The van der Waals surface area contributed by atoms with E-state index in [9.17, 15) is 4.79 Å². The van der Waals surface area contributed by atoms with Crippen LogP contribution in [0.4, 0.5) is 0 Å². The van der Waals surface area contributed by atoms with Gasteiger partial charge in [0.05, 0.1) is 6.54 Å². The largest absolute Gasteiger partial charge is 0.352 e. The molecule has 0 atom stereocenters. The summed E-state index contributed by atoms with van der Waals surface area (Å²) in [6.45, 7) is 6.92. The Morgan fingerprint density at radius 3 is 2.50 bits per heavy atom. The predicted octanol–water partition coefficient (Wildman–Crippen LogP) is 2.21. The minimum atomic E-state index is 0.0712. The van der Waals surface area contributed by atoms with E-state index in [2.05, 4.69) is 31.4 Å². The molecule has 0 heterocycles. The molecule has 1 aliphatic rings. The number of carbonyl (C=O) groups excluding carboxylic acids is 1. The summed E-state index contributed by atoms with van der Waals surface area (Å²) in [4.78, 5) is 11.7. The standard InChI is InChI=1S/C13H26N2O/c1-4-9-13(2,3)14-10-12(16)15-11-7-5-6-8-11/h11,14H,4-10H2,1-3H3,(H,15,16). The fraction of sp³-hybridized carbons (Fsp3) is 0.923. The second-order valence-corrected chi connectivity index (χ2v) is 5.54. The van der Waals surface area contributed by atoms with Gasteiger partial charge in [-0.25, -0.2) is 0 Å². The van der Waals surface area contributed by atoms with Crippen LogP contribution in [-0.4, -0.2) is 24.0 Å². The first-order valence-electron chi connectivity index (χ1n) is 6.58. The molecule has 1 rings (SSSR count). The summed E-state index contributed by atoms with van der Waals surface area (Å²) < 4.78 is 0. The van der Waals surface area contributed by atoms with Gasteiger partial charge < -0.3 is 10.6 Å². The molecule has 0 spiro atoms. The van der Waals surface area contributed by atoms with E-state index in [4.69, 9.17) is 0 Å². The smallest absolute Gasteiger partial charge is 0.234 e. The van der Waals surface area contributed by atoms with Gasteiger partial charge in [-0.2, -0.15) is 0 Å². The fourth-order valence-corrected chi connectivity index (χ4v) is 2.38. The van der Waals surface area contributed by atoms with E-state index in [0.717, 1.165) is 25.7 Å². The number of nitrogens with one attached hydrogen (secondary N) is 2. The molecule has 0 unspecified atom stereocenters. The van der Waals surface area contributed by atoms with Gasteiger partial charge in [0.2, 0.25) is 5.91 Å². The lowest BCUT2D eigenvalue weighted by Gasteiger charge is -2.26. The van der Waals surface area contributed by atoms with E-state index in [0.29, 0.717) is 12.6 Å². The first kappa shape index (κ1) is 13.5. The molecule has 0 aromatic carbocycles. The van der Waals surface area contributed by atoms with Crippen molar-refractivity contribution in [1.29, 1.82) is 0 Å².